The largest absolute Gasteiger partial charge is 0.506 e. The van der Waals surface area contributed by atoms with Crippen LogP contribution in [0.3, 0.4) is 0 Å². The highest BCUT2D eigenvalue weighted by molar-refractivity contribution is 7.80. The molecule has 0 aliphatic heterocycles. The van der Waals surface area contributed by atoms with Crippen molar-refractivity contribution in [1.82, 2.24) is 0 Å². The molecule has 0 amide bonds. The molecule has 108 valence electrons. The number of nitrogens with one attached hydrogen (secondary N) is 2. The SMILES string of the molecule is O=[N+]([O-])c1ccc(NC(=S)Nc2ccc(F)cc2O)cc1. The number of non-ortho nitro benzene ring substituents is 1. The molecule has 0 fully saturated rings. The summed E-state index contributed by atoms with van der Waals surface area (Å²) in [5.74, 6) is -0.838. The summed E-state index contributed by atoms with van der Waals surface area (Å²) in [6.07, 6.45) is 0. The van der Waals surface area contributed by atoms with E-state index in [4.69, 9.17) is 12.2 Å². The van der Waals surface area contributed by atoms with Gasteiger partial charge < -0.3 is 15.7 Å². The second-order valence-corrected chi connectivity index (χ2v) is 4.45. The van der Waals surface area contributed by atoms with E-state index >= 15 is 0 Å². The van der Waals surface area contributed by atoms with Gasteiger partial charge in [-0.1, -0.05) is 0 Å². The summed E-state index contributed by atoms with van der Waals surface area (Å²) >= 11 is 5.03. The molecule has 2 aromatic carbocycles. The molecule has 3 N–H and O–H groups in total. The second-order valence-electron chi connectivity index (χ2n) is 4.04. The van der Waals surface area contributed by atoms with Crippen molar-refractivity contribution in [3.05, 3.63) is 58.4 Å². The van der Waals surface area contributed by atoms with Gasteiger partial charge in [0.25, 0.3) is 5.69 Å². The van der Waals surface area contributed by atoms with E-state index < -0.39 is 10.7 Å². The molecule has 0 atom stereocenters. The van der Waals surface area contributed by atoms with E-state index in [9.17, 15) is 19.6 Å². The van der Waals surface area contributed by atoms with Crippen LogP contribution in [0.5, 0.6) is 5.75 Å². The number of phenols is 1. The molecule has 0 spiro atoms. The van der Waals surface area contributed by atoms with Crippen LogP contribution in [-0.2, 0) is 0 Å². The highest BCUT2D eigenvalue weighted by Crippen LogP contribution is 2.24. The van der Waals surface area contributed by atoms with Gasteiger partial charge in [0.15, 0.2) is 5.11 Å². The molecule has 0 aromatic heterocycles. The summed E-state index contributed by atoms with van der Waals surface area (Å²) in [5, 5.41) is 25.7. The van der Waals surface area contributed by atoms with Crippen molar-refractivity contribution in [2.75, 3.05) is 10.6 Å². The summed E-state index contributed by atoms with van der Waals surface area (Å²) in [6.45, 7) is 0. The Bertz CT molecular complexity index is 692. The molecule has 6 nitrogen and oxygen atoms in total. The summed E-state index contributed by atoms with van der Waals surface area (Å²) in [7, 11) is 0. The van der Waals surface area contributed by atoms with E-state index in [1.165, 1.54) is 36.4 Å². The molecule has 0 unspecified atom stereocenters. The molecule has 0 saturated carbocycles. The van der Waals surface area contributed by atoms with Gasteiger partial charge in [-0.05, 0) is 36.5 Å². The predicted molar refractivity (Wildman–Crippen MR) is 81.0 cm³/mol. The van der Waals surface area contributed by atoms with Gasteiger partial charge in [-0.2, -0.15) is 0 Å². The zero-order valence-electron chi connectivity index (χ0n) is 10.5. The van der Waals surface area contributed by atoms with Gasteiger partial charge in [-0.15, -0.1) is 0 Å². The Morgan fingerprint density at radius 3 is 2.43 bits per heavy atom. The number of thiocarbonyl (C=S) groups is 1. The van der Waals surface area contributed by atoms with Crippen molar-refractivity contribution in [3.63, 3.8) is 0 Å². The first-order chi connectivity index (χ1) is 9.95. The average Bonchev–Trinajstić information content (AvgIpc) is 2.42. The third-order valence-electron chi connectivity index (χ3n) is 2.54. The number of hydrogen-bond acceptors (Lipinski definition) is 4. The lowest BCUT2D eigenvalue weighted by atomic mass is 10.3. The van der Waals surface area contributed by atoms with Crippen molar-refractivity contribution in [3.8, 4) is 5.75 Å². The third kappa shape index (κ3) is 3.86. The lowest BCUT2D eigenvalue weighted by Gasteiger charge is -2.11. The van der Waals surface area contributed by atoms with Crippen LogP contribution in [0.15, 0.2) is 42.5 Å². The maximum Gasteiger partial charge on any atom is 0.269 e. The molecule has 21 heavy (non-hydrogen) atoms. The summed E-state index contributed by atoms with van der Waals surface area (Å²) in [4.78, 5) is 10.0. The van der Waals surface area contributed by atoms with Crippen LogP contribution in [0, 0.1) is 15.9 Å². The van der Waals surface area contributed by atoms with Crippen LogP contribution in [-0.4, -0.2) is 15.1 Å². The van der Waals surface area contributed by atoms with E-state index in [1.807, 2.05) is 0 Å². The molecule has 0 aliphatic rings. The number of nitro benzene ring substituents is 1. The van der Waals surface area contributed by atoms with E-state index in [2.05, 4.69) is 10.6 Å². The fourth-order valence-electron chi connectivity index (χ4n) is 1.56. The van der Waals surface area contributed by atoms with Crippen LogP contribution in [0.2, 0.25) is 0 Å². The molecule has 0 saturated heterocycles. The van der Waals surface area contributed by atoms with E-state index in [-0.39, 0.29) is 22.2 Å². The van der Waals surface area contributed by atoms with E-state index in [1.54, 1.807) is 0 Å². The standard InChI is InChI=1S/C13H10FN3O3S/c14-8-1-6-11(12(18)7-8)16-13(21)15-9-2-4-10(5-3-9)17(19)20/h1-7,18H,(H2,15,16,21). The minimum Gasteiger partial charge on any atom is -0.506 e. The number of nitro groups is 1. The summed E-state index contributed by atoms with van der Waals surface area (Å²) in [6, 6.07) is 9.13. The third-order valence-corrected chi connectivity index (χ3v) is 2.75. The molecule has 0 aliphatic carbocycles. The van der Waals surface area contributed by atoms with E-state index in [0.29, 0.717) is 5.69 Å². The molecular formula is C13H10FN3O3S. The zero-order valence-corrected chi connectivity index (χ0v) is 11.4. The van der Waals surface area contributed by atoms with Crippen LogP contribution in [0.25, 0.3) is 0 Å². The number of nitrogens with zero attached hydrogens (tertiary/aromatic N) is 1. The quantitative estimate of drug-likeness (QED) is 0.349. The molecule has 8 heteroatoms. The smallest absolute Gasteiger partial charge is 0.269 e. The first-order valence-electron chi connectivity index (χ1n) is 5.76. The monoisotopic (exact) mass is 307 g/mol. The Hall–Kier alpha value is -2.74. The van der Waals surface area contributed by atoms with Gasteiger partial charge in [-0.25, -0.2) is 4.39 Å². The fraction of sp³-hybridized carbons (Fsp3) is 0. The summed E-state index contributed by atoms with van der Waals surface area (Å²) < 4.78 is 12.8. The van der Waals surface area contributed by atoms with Gasteiger partial charge in [0, 0.05) is 23.9 Å². The fourth-order valence-corrected chi connectivity index (χ4v) is 1.79. The first-order valence-corrected chi connectivity index (χ1v) is 6.17. The normalized spacial score (nSPS) is 9.95. The van der Waals surface area contributed by atoms with Crippen LogP contribution in [0.1, 0.15) is 0 Å². The van der Waals surface area contributed by atoms with Crippen LogP contribution >= 0.6 is 12.2 Å². The Morgan fingerprint density at radius 1 is 1.19 bits per heavy atom. The number of halogens is 1. The molecule has 0 heterocycles. The molecule has 2 aromatic rings. The van der Waals surface area contributed by atoms with Crippen molar-refractivity contribution in [2.45, 2.75) is 0 Å². The number of benzene rings is 2. The van der Waals surface area contributed by atoms with Gasteiger partial charge in [0.1, 0.15) is 11.6 Å². The maximum atomic E-state index is 12.8. The number of aromatic hydroxyl groups is 1. The van der Waals surface area contributed by atoms with Gasteiger partial charge >= 0.3 is 0 Å². The lowest BCUT2D eigenvalue weighted by molar-refractivity contribution is -0.384. The highest BCUT2D eigenvalue weighted by Gasteiger charge is 2.07. The van der Waals surface area contributed by atoms with Crippen LogP contribution in [0.4, 0.5) is 21.5 Å². The number of anilines is 2. The number of phenolic OH excluding ortho intramolecular Hbond substituents is 1. The van der Waals surface area contributed by atoms with Crippen molar-refractivity contribution < 1.29 is 14.4 Å². The average molecular weight is 307 g/mol. The maximum absolute atomic E-state index is 12.8. The van der Waals surface area contributed by atoms with Gasteiger partial charge in [-0.3, -0.25) is 10.1 Å². The lowest BCUT2D eigenvalue weighted by Crippen LogP contribution is -2.19. The zero-order chi connectivity index (χ0) is 15.4. The van der Waals surface area contributed by atoms with E-state index in [0.717, 1.165) is 6.07 Å². The molecule has 0 bridgehead atoms. The summed E-state index contributed by atoms with van der Waals surface area (Å²) in [5.41, 5.74) is 0.756. The Morgan fingerprint density at radius 2 is 1.86 bits per heavy atom. The molecular weight excluding hydrogens is 297 g/mol. The highest BCUT2D eigenvalue weighted by atomic mass is 32.1. The second kappa shape index (κ2) is 6.14. The predicted octanol–water partition coefficient (Wildman–Crippen LogP) is 3.25. The number of hydrogen-bond donors (Lipinski definition) is 3. The minimum absolute atomic E-state index is 0.0318. The van der Waals surface area contributed by atoms with Crippen molar-refractivity contribution in [1.29, 1.82) is 0 Å². The topological polar surface area (TPSA) is 87.4 Å². The van der Waals surface area contributed by atoms with Gasteiger partial charge in [0.2, 0.25) is 0 Å². The first kappa shape index (κ1) is 14.7. The minimum atomic E-state index is -0.563. The molecule has 2 rings (SSSR count). The van der Waals surface area contributed by atoms with Gasteiger partial charge in [0.05, 0.1) is 10.6 Å². The molecule has 0 radical (unpaired) electrons. The van der Waals surface area contributed by atoms with Crippen LogP contribution < -0.4 is 10.6 Å². The van der Waals surface area contributed by atoms with Crippen molar-refractivity contribution >= 4 is 34.4 Å². The van der Waals surface area contributed by atoms with Crippen molar-refractivity contribution in [2.24, 2.45) is 0 Å². The Balaban J connectivity index is 2.02. The Labute approximate surface area is 124 Å². The number of rotatable bonds is 3. The Kier molecular flexibility index (Phi) is 4.29.